The molecule has 0 fully saturated rings. The van der Waals surface area contributed by atoms with Crippen molar-refractivity contribution >= 4 is 16.0 Å². The monoisotopic (exact) mass is 248 g/mol. The van der Waals surface area contributed by atoms with E-state index in [9.17, 15) is 13.2 Å². The van der Waals surface area contributed by atoms with Crippen LogP contribution in [0.1, 0.15) is 12.2 Å². The average Bonchev–Trinajstić information content (AvgIpc) is 2.59. The SMILES string of the molecule is NS(=O)(=O)c1ccc(CNCCC(=O)O)o1. The van der Waals surface area contributed by atoms with Gasteiger partial charge in [0.2, 0.25) is 5.09 Å². The van der Waals surface area contributed by atoms with Crippen LogP contribution in [0.4, 0.5) is 0 Å². The Labute approximate surface area is 92.3 Å². The molecule has 1 heterocycles. The molecule has 1 aromatic rings. The van der Waals surface area contributed by atoms with Gasteiger partial charge in [0, 0.05) is 6.54 Å². The zero-order valence-electron chi connectivity index (χ0n) is 8.34. The molecule has 7 nitrogen and oxygen atoms in total. The van der Waals surface area contributed by atoms with E-state index in [1.807, 2.05) is 0 Å². The molecule has 0 saturated heterocycles. The Balaban J connectivity index is 2.44. The number of rotatable bonds is 6. The summed E-state index contributed by atoms with van der Waals surface area (Å²) in [5, 5.41) is 15.7. The van der Waals surface area contributed by atoms with Crippen LogP contribution in [0.25, 0.3) is 0 Å². The maximum absolute atomic E-state index is 10.9. The maximum atomic E-state index is 10.9. The summed E-state index contributed by atoms with van der Waals surface area (Å²) >= 11 is 0. The number of primary sulfonamides is 1. The molecule has 0 bridgehead atoms. The van der Waals surface area contributed by atoms with Crippen molar-refractivity contribution in [1.29, 1.82) is 0 Å². The summed E-state index contributed by atoms with van der Waals surface area (Å²) in [4.78, 5) is 10.2. The Kier molecular flexibility index (Phi) is 4.05. The Morgan fingerprint density at radius 3 is 2.69 bits per heavy atom. The first-order chi connectivity index (χ1) is 7.39. The van der Waals surface area contributed by atoms with Gasteiger partial charge in [0.25, 0.3) is 10.0 Å². The van der Waals surface area contributed by atoms with E-state index in [0.29, 0.717) is 5.76 Å². The minimum Gasteiger partial charge on any atom is -0.481 e. The maximum Gasteiger partial charge on any atom is 0.304 e. The fourth-order valence-electron chi connectivity index (χ4n) is 1.01. The summed E-state index contributed by atoms with van der Waals surface area (Å²) in [6.45, 7) is 0.531. The Hall–Kier alpha value is -1.38. The predicted octanol–water partition coefficient (Wildman–Crippen LogP) is -0.509. The van der Waals surface area contributed by atoms with E-state index in [2.05, 4.69) is 5.32 Å². The summed E-state index contributed by atoms with van der Waals surface area (Å²) < 4.78 is 26.6. The first-order valence-corrected chi connectivity index (χ1v) is 5.98. The summed E-state index contributed by atoms with van der Waals surface area (Å²) in [5.41, 5.74) is 0. The predicted molar refractivity (Wildman–Crippen MR) is 54.0 cm³/mol. The second kappa shape index (κ2) is 5.10. The lowest BCUT2D eigenvalue weighted by molar-refractivity contribution is -0.136. The zero-order valence-corrected chi connectivity index (χ0v) is 9.16. The standard InChI is InChI=1S/C8H12N2O5S/c9-16(13,14)8-2-1-6(15-8)5-10-4-3-7(11)12/h1-2,10H,3-5H2,(H,11,12)(H2,9,13,14). The molecule has 0 aliphatic heterocycles. The quantitative estimate of drug-likeness (QED) is 0.583. The van der Waals surface area contributed by atoms with Crippen LogP contribution in [0.15, 0.2) is 21.6 Å². The smallest absolute Gasteiger partial charge is 0.304 e. The van der Waals surface area contributed by atoms with Gasteiger partial charge in [0.1, 0.15) is 5.76 Å². The van der Waals surface area contributed by atoms with Gasteiger partial charge >= 0.3 is 5.97 Å². The Morgan fingerprint density at radius 2 is 2.19 bits per heavy atom. The van der Waals surface area contributed by atoms with Gasteiger partial charge in [-0.25, -0.2) is 13.6 Å². The highest BCUT2D eigenvalue weighted by atomic mass is 32.2. The number of nitrogens with one attached hydrogen (secondary N) is 1. The third kappa shape index (κ3) is 4.01. The van der Waals surface area contributed by atoms with Crippen molar-refractivity contribution in [1.82, 2.24) is 5.32 Å². The van der Waals surface area contributed by atoms with Crippen LogP contribution in [-0.2, 0) is 21.4 Å². The highest BCUT2D eigenvalue weighted by Gasteiger charge is 2.12. The number of carboxylic acids is 1. The van der Waals surface area contributed by atoms with Gasteiger partial charge in [-0.2, -0.15) is 0 Å². The third-order valence-corrected chi connectivity index (χ3v) is 2.51. The van der Waals surface area contributed by atoms with Crippen molar-refractivity contribution in [3.8, 4) is 0 Å². The van der Waals surface area contributed by atoms with Crippen LogP contribution >= 0.6 is 0 Å². The molecule has 8 heteroatoms. The van der Waals surface area contributed by atoms with Gasteiger partial charge < -0.3 is 14.8 Å². The summed E-state index contributed by atoms with van der Waals surface area (Å²) in [6, 6.07) is 2.72. The molecule has 1 rings (SSSR count). The minimum atomic E-state index is -3.81. The number of sulfonamides is 1. The zero-order chi connectivity index (χ0) is 12.2. The van der Waals surface area contributed by atoms with Gasteiger partial charge in [0.15, 0.2) is 0 Å². The van der Waals surface area contributed by atoms with Gasteiger partial charge in [-0.1, -0.05) is 0 Å². The molecule has 90 valence electrons. The lowest BCUT2D eigenvalue weighted by Crippen LogP contribution is -2.17. The number of carbonyl (C=O) groups is 1. The Morgan fingerprint density at radius 1 is 1.50 bits per heavy atom. The minimum absolute atomic E-state index is 0.0112. The van der Waals surface area contributed by atoms with E-state index in [4.69, 9.17) is 14.7 Å². The van der Waals surface area contributed by atoms with E-state index in [1.54, 1.807) is 0 Å². The van der Waals surface area contributed by atoms with Gasteiger partial charge in [0.05, 0.1) is 13.0 Å². The number of nitrogens with two attached hydrogens (primary N) is 1. The lowest BCUT2D eigenvalue weighted by atomic mass is 10.4. The number of hydrogen-bond donors (Lipinski definition) is 3. The van der Waals surface area contributed by atoms with Crippen molar-refractivity contribution < 1.29 is 22.7 Å². The molecule has 0 unspecified atom stereocenters. The molecule has 0 aliphatic rings. The molecule has 0 atom stereocenters. The van der Waals surface area contributed by atoms with Crippen LogP contribution in [0.5, 0.6) is 0 Å². The molecule has 4 N–H and O–H groups in total. The van der Waals surface area contributed by atoms with Crippen LogP contribution in [-0.4, -0.2) is 26.0 Å². The van der Waals surface area contributed by atoms with Crippen LogP contribution in [0, 0.1) is 0 Å². The fraction of sp³-hybridized carbons (Fsp3) is 0.375. The van der Waals surface area contributed by atoms with E-state index in [-0.39, 0.29) is 24.6 Å². The molecule has 16 heavy (non-hydrogen) atoms. The highest BCUT2D eigenvalue weighted by molar-refractivity contribution is 7.89. The van der Waals surface area contributed by atoms with Crippen molar-refractivity contribution in [3.05, 3.63) is 17.9 Å². The third-order valence-electron chi connectivity index (χ3n) is 1.73. The van der Waals surface area contributed by atoms with E-state index >= 15 is 0 Å². The van der Waals surface area contributed by atoms with Crippen molar-refractivity contribution in [2.75, 3.05) is 6.54 Å². The lowest BCUT2D eigenvalue weighted by Gasteiger charge is -1.99. The fourth-order valence-corrected chi connectivity index (χ4v) is 1.49. The average molecular weight is 248 g/mol. The normalized spacial score (nSPS) is 11.6. The van der Waals surface area contributed by atoms with Gasteiger partial charge in [-0.3, -0.25) is 4.79 Å². The first-order valence-electron chi connectivity index (χ1n) is 4.43. The largest absolute Gasteiger partial charge is 0.481 e. The summed E-state index contributed by atoms with van der Waals surface area (Å²) in [5.74, 6) is -0.522. The van der Waals surface area contributed by atoms with Crippen LogP contribution in [0.2, 0.25) is 0 Å². The molecule has 0 saturated carbocycles. The van der Waals surface area contributed by atoms with Crippen LogP contribution in [0.3, 0.4) is 0 Å². The summed E-state index contributed by atoms with van der Waals surface area (Å²) in [6.07, 6.45) is -0.0112. The van der Waals surface area contributed by atoms with Crippen molar-refractivity contribution in [2.24, 2.45) is 5.14 Å². The topological polar surface area (TPSA) is 123 Å². The van der Waals surface area contributed by atoms with Gasteiger partial charge in [-0.15, -0.1) is 0 Å². The molecular formula is C8H12N2O5S. The summed E-state index contributed by atoms with van der Waals surface area (Å²) in [7, 11) is -3.81. The van der Waals surface area contributed by atoms with Crippen molar-refractivity contribution in [2.45, 2.75) is 18.1 Å². The first kappa shape index (κ1) is 12.7. The number of aliphatic carboxylic acids is 1. The van der Waals surface area contributed by atoms with Crippen LogP contribution < -0.4 is 10.5 Å². The second-order valence-corrected chi connectivity index (χ2v) is 4.58. The number of furan rings is 1. The van der Waals surface area contributed by atoms with Gasteiger partial charge in [-0.05, 0) is 12.1 Å². The molecule has 1 aromatic heterocycles. The number of carboxylic acid groups (broad SMARTS) is 1. The van der Waals surface area contributed by atoms with Crippen molar-refractivity contribution in [3.63, 3.8) is 0 Å². The molecule has 0 spiro atoms. The molecule has 0 radical (unpaired) electrons. The van der Waals surface area contributed by atoms with E-state index < -0.39 is 16.0 Å². The molecule has 0 aromatic carbocycles. The Bertz CT molecular complexity index is 465. The molecular weight excluding hydrogens is 236 g/mol. The second-order valence-electron chi connectivity index (χ2n) is 3.09. The van der Waals surface area contributed by atoms with E-state index in [1.165, 1.54) is 12.1 Å². The highest BCUT2D eigenvalue weighted by Crippen LogP contribution is 2.11. The van der Waals surface area contributed by atoms with E-state index in [0.717, 1.165) is 0 Å². The molecule has 0 aliphatic carbocycles. The number of hydrogen-bond acceptors (Lipinski definition) is 5. The molecule has 0 amide bonds.